The number of hydrogen-bond donors (Lipinski definition) is 0. The van der Waals surface area contributed by atoms with Gasteiger partial charge in [0.1, 0.15) is 0 Å². The van der Waals surface area contributed by atoms with Gasteiger partial charge in [0.25, 0.3) is 12.1 Å². The van der Waals surface area contributed by atoms with E-state index in [4.69, 9.17) is 9.47 Å². The molecule has 0 saturated carbocycles. The second kappa shape index (κ2) is 7.99. The van der Waals surface area contributed by atoms with Crippen molar-refractivity contribution in [1.29, 1.82) is 0 Å². The number of allylic oxidation sites excluding steroid dienone is 7. The van der Waals surface area contributed by atoms with Crippen LogP contribution in [-0.4, -0.2) is 41.8 Å². The molecule has 2 heterocycles. The Hall–Kier alpha value is -3.75. The van der Waals surface area contributed by atoms with E-state index in [0.29, 0.717) is 29.2 Å². The smallest absolute Gasteiger partial charge is 0.270 e. The first-order valence-corrected chi connectivity index (χ1v) is 10.2. The average molecular weight is 456 g/mol. The van der Waals surface area contributed by atoms with Crippen LogP contribution in [0.1, 0.15) is 25.0 Å². The van der Waals surface area contributed by atoms with Gasteiger partial charge in [0.15, 0.2) is 17.3 Å². The predicted octanol–water partition coefficient (Wildman–Crippen LogP) is 4.44. The van der Waals surface area contributed by atoms with Crippen LogP contribution in [0.5, 0.6) is 11.5 Å². The number of fused-ring (bicyclic) bond motifs is 3. The minimum atomic E-state index is -2.81. The molecular weight excluding hydrogens is 434 g/mol. The lowest BCUT2D eigenvalue weighted by atomic mass is 9.80. The molecule has 0 saturated heterocycles. The Morgan fingerprint density at radius 1 is 1.09 bits per heavy atom. The van der Waals surface area contributed by atoms with Gasteiger partial charge >= 0.3 is 0 Å². The van der Waals surface area contributed by atoms with Gasteiger partial charge in [-0.15, -0.1) is 0 Å². The highest BCUT2D eigenvalue weighted by molar-refractivity contribution is 6.08. The van der Waals surface area contributed by atoms with Gasteiger partial charge in [-0.25, -0.2) is 8.78 Å². The Morgan fingerprint density at radius 3 is 2.36 bits per heavy atom. The van der Waals surface area contributed by atoms with Gasteiger partial charge in [-0.3, -0.25) is 14.9 Å². The van der Waals surface area contributed by atoms with Crippen LogP contribution in [0, 0.1) is 10.1 Å². The van der Waals surface area contributed by atoms with Gasteiger partial charge in [0, 0.05) is 34.5 Å². The van der Waals surface area contributed by atoms with Crippen LogP contribution in [0.2, 0.25) is 0 Å². The maximum Gasteiger partial charge on any atom is 0.270 e. The summed E-state index contributed by atoms with van der Waals surface area (Å²) in [6, 6.07) is 3.54. The molecule has 0 fully saturated rings. The number of nitro groups is 1. The third-order valence-electron chi connectivity index (χ3n) is 5.90. The lowest BCUT2D eigenvalue weighted by Gasteiger charge is -2.49. The maximum atomic E-state index is 13.9. The quantitative estimate of drug-likeness (QED) is 0.379. The van der Waals surface area contributed by atoms with Gasteiger partial charge in [-0.1, -0.05) is 0 Å². The molecule has 2 aliphatic heterocycles. The van der Waals surface area contributed by atoms with E-state index in [0.717, 1.165) is 23.8 Å². The molecule has 7 nitrogen and oxygen atoms in total. The van der Waals surface area contributed by atoms with Crippen molar-refractivity contribution in [1.82, 2.24) is 4.90 Å². The summed E-state index contributed by atoms with van der Waals surface area (Å²) in [5, 5.41) is 11.3. The first-order chi connectivity index (χ1) is 15.6. The summed E-state index contributed by atoms with van der Waals surface area (Å²) in [5.41, 5.74) is 0.954. The zero-order chi connectivity index (χ0) is 24.1. The summed E-state index contributed by atoms with van der Waals surface area (Å²) in [6.45, 7) is 3.84. The number of carbonyl (C=O) groups is 1. The van der Waals surface area contributed by atoms with Crippen molar-refractivity contribution in [2.45, 2.75) is 32.2 Å². The number of hydrogen-bond acceptors (Lipinski definition) is 6. The number of methoxy groups -OCH3 is 2. The number of alkyl halides is 2. The van der Waals surface area contributed by atoms with Gasteiger partial charge in [-0.2, -0.15) is 0 Å². The second-order valence-corrected chi connectivity index (χ2v) is 8.49. The Bertz CT molecular complexity index is 1220. The molecular formula is C24H22F2N2O5. The minimum absolute atomic E-state index is 0.00930. The molecule has 0 bridgehead atoms. The zero-order valence-corrected chi connectivity index (χ0v) is 18.5. The van der Waals surface area contributed by atoms with Crippen LogP contribution in [0.15, 0.2) is 65.1 Å². The highest BCUT2D eigenvalue weighted by Crippen LogP contribution is 2.48. The Balaban J connectivity index is 2.02. The third kappa shape index (κ3) is 3.73. The number of nitrogens with zero attached hydrogens (tertiary/aromatic N) is 2. The fourth-order valence-corrected chi connectivity index (χ4v) is 4.47. The molecule has 0 aromatic heterocycles. The maximum absolute atomic E-state index is 13.9. The van der Waals surface area contributed by atoms with E-state index < -0.39 is 22.7 Å². The highest BCUT2D eigenvalue weighted by atomic mass is 19.3. The van der Waals surface area contributed by atoms with Gasteiger partial charge in [-0.05, 0) is 56.2 Å². The molecule has 0 spiro atoms. The summed E-state index contributed by atoms with van der Waals surface area (Å²) in [4.78, 5) is 25.3. The van der Waals surface area contributed by atoms with Crippen molar-refractivity contribution in [3.63, 3.8) is 0 Å². The number of rotatable bonds is 4. The Labute approximate surface area is 189 Å². The van der Waals surface area contributed by atoms with Crippen LogP contribution in [0.25, 0.3) is 5.70 Å². The molecule has 0 radical (unpaired) electrons. The van der Waals surface area contributed by atoms with Gasteiger partial charge in [0.05, 0.1) is 30.4 Å². The zero-order valence-electron chi connectivity index (χ0n) is 18.5. The average Bonchev–Trinajstić information content (AvgIpc) is 2.77. The van der Waals surface area contributed by atoms with Crippen LogP contribution in [-0.2, 0) is 11.2 Å². The van der Waals surface area contributed by atoms with Gasteiger partial charge in [0.2, 0.25) is 0 Å². The number of ketones is 1. The molecule has 33 heavy (non-hydrogen) atoms. The minimum Gasteiger partial charge on any atom is -0.493 e. The lowest BCUT2D eigenvalue weighted by Crippen LogP contribution is -2.48. The molecule has 3 aliphatic rings. The summed E-state index contributed by atoms with van der Waals surface area (Å²) >= 11 is 0. The van der Waals surface area contributed by atoms with E-state index in [2.05, 4.69) is 0 Å². The molecule has 0 unspecified atom stereocenters. The molecule has 0 N–H and O–H groups in total. The predicted molar refractivity (Wildman–Crippen MR) is 117 cm³/mol. The van der Waals surface area contributed by atoms with Crippen molar-refractivity contribution >= 4 is 11.5 Å². The fraction of sp³-hybridized carbons (Fsp3) is 0.292. The standard InChI is InChI=1S/C24H22F2N2O5/c1-24(2)12-14-9-21(32-3)22(33-4)11-16(14)18-7-13(23(25)26)8-19(27(18)24)17-10-15(28(30)31)5-6-20(17)29/h5-11,23H,12H2,1-4H3. The summed E-state index contributed by atoms with van der Waals surface area (Å²) in [6.07, 6.45) is 3.66. The van der Waals surface area contributed by atoms with E-state index in [9.17, 15) is 23.7 Å². The molecule has 0 atom stereocenters. The van der Waals surface area contributed by atoms with E-state index >= 15 is 0 Å². The van der Waals surface area contributed by atoms with Crippen molar-refractivity contribution in [3.8, 4) is 11.5 Å². The van der Waals surface area contributed by atoms with Crippen molar-refractivity contribution < 1.29 is 28.0 Å². The van der Waals surface area contributed by atoms with Crippen molar-refractivity contribution in [3.05, 3.63) is 86.3 Å². The van der Waals surface area contributed by atoms with E-state index in [1.807, 2.05) is 19.9 Å². The molecule has 4 rings (SSSR count). The Morgan fingerprint density at radius 2 is 1.76 bits per heavy atom. The number of carbonyl (C=O) groups excluding carboxylic acids is 1. The monoisotopic (exact) mass is 456 g/mol. The molecule has 9 heteroatoms. The first-order valence-electron chi connectivity index (χ1n) is 10.2. The number of benzene rings is 1. The van der Waals surface area contributed by atoms with Crippen LogP contribution >= 0.6 is 0 Å². The summed E-state index contributed by atoms with van der Waals surface area (Å²) < 4.78 is 38.7. The molecule has 1 aromatic rings. The summed E-state index contributed by atoms with van der Waals surface area (Å²) in [5.74, 6) is 0.466. The van der Waals surface area contributed by atoms with E-state index in [1.165, 1.54) is 26.4 Å². The SMILES string of the molecule is COc1cc2c(cc1OC)C1=CC(C(F)F)=CC(=C3C=C([N+](=O)[O-])C=CC3=O)N1C(C)(C)C2. The molecule has 172 valence electrons. The van der Waals surface area contributed by atoms with Crippen LogP contribution in [0.3, 0.4) is 0 Å². The first kappa shape index (κ1) is 22.4. The highest BCUT2D eigenvalue weighted by Gasteiger charge is 2.42. The lowest BCUT2D eigenvalue weighted by molar-refractivity contribution is -0.419. The van der Waals surface area contributed by atoms with Crippen molar-refractivity contribution in [2.75, 3.05) is 14.2 Å². The molecule has 1 aliphatic carbocycles. The van der Waals surface area contributed by atoms with E-state index in [1.54, 1.807) is 11.0 Å². The fourth-order valence-electron chi connectivity index (χ4n) is 4.47. The largest absolute Gasteiger partial charge is 0.493 e. The third-order valence-corrected chi connectivity index (χ3v) is 5.90. The van der Waals surface area contributed by atoms with Gasteiger partial charge < -0.3 is 14.4 Å². The molecule has 1 aromatic carbocycles. The van der Waals surface area contributed by atoms with Crippen LogP contribution < -0.4 is 9.47 Å². The van der Waals surface area contributed by atoms with Crippen LogP contribution in [0.4, 0.5) is 8.78 Å². The van der Waals surface area contributed by atoms with E-state index in [-0.39, 0.29) is 22.5 Å². The second-order valence-electron chi connectivity index (χ2n) is 8.49. The Kier molecular flexibility index (Phi) is 5.43. The number of halogens is 2. The summed E-state index contributed by atoms with van der Waals surface area (Å²) in [7, 11) is 3.00. The normalized spacial score (nSPS) is 21.1. The number of ether oxygens (including phenoxy) is 2. The van der Waals surface area contributed by atoms with Crippen molar-refractivity contribution in [2.24, 2.45) is 0 Å². The molecule has 0 amide bonds. The topological polar surface area (TPSA) is 81.9 Å².